The summed E-state index contributed by atoms with van der Waals surface area (Å²) in [6, 6.07) is 7.71. The van der Waals surface area contributed by atoms with Crippen molar-refractivity contribution in [3.05, 3.63) is 36.7 Å². The Hall–Kier alpha value is -2.67. The minimum atomic E-state index is 0.240. The van der Waals surface area contributed by atoms with E-state index in [9.17, 15) is 0 Å². The lowest BCUT2D eigenvalue weighted by Gasteiger charge is -2.09. The van der Waals surface area contributed by atoms with Crippen molar-refractivity contribution in [1.82, 2.24) is 14.5 Å². The van der Waals surface area contributed by atoms with Gasteiger partial charge in [0, 0.05) is 43.1 Å². The third-order valence-corrected chi connectivity index (χ3v) is 3.95. The average molecular weight is 326 g/mol. The second-order valence-corrected chi connectivity index (χ2v) is 5.76. The number of pyridine rings is 1. The molecule has 0 atom stereocenters. The van der Waals surface area contributed by atoms with Crippen molar-refractivity contribution < 1.29 is 9.47 Å². The topological polar surface area (TPSA) is 75.2 Å². The molecule has 2 aromatic heterocycles. The molecule has 0 amide bonds. The highest BCUT2D eigenvalue weighted by molar-refractivity contribution is 7.80. The molecule has 6 nitrogen and oxygen atoms in total. The molecule has 0 saturated heterocycles. The first-order valence-corrected chi connectivity index (χ1v) is 7.62. The Kier molecular flexibility index (Phi) is 3.34. The van der Waals surface area contributed by atoms with Crippen LogP contribution in [0.3, 0.4) is 0 Å². The minimum absolute atomic E-state index is 0.240. The molecule has 2 N–H and O–H groups in total. The molecular formula is C16H14N4O2S. The number of fused-ring (bicyclic) bond motifs is 2. The van der Waals surface area contributed by atoms with E-state index in [0.717, 1.165) is 28.2 Å². The third kappa shape index (κ3) is 2.49. The van der Waals surface area contributed by atoms with Gasteiger partial charge < -0.3 is 19.8 Å². The smallest absolute Gasteiger partial charge is 0.231 e. The summed E-state index contributed by atoms with van der Waals surface area (Å²) in [6.07, 6.45) is 4.13. The van der Waals surface area contributed by atoms with Gasteiger partial charge in [-0.3, -0.25) is 4.98 Å². The molecule has 0 bridgehead atoms. The van der Waals surface area contributed by atoms with Crippen LogP contribution in [0.5, 0.6) is 11.5 Å². The molecule has 0 spiro atoms. The van der Waals surface area contributed by atoms with Gasteiger partial charge >= 0.3 is 0 Å². The summed E-state index contributed by atoms with van der Waals surface area (Å²) in [7, 11) is 0. The molecule has 116 valence electrons. The van der Waals surface area contributed by atoms with E-state index in [2.05, 4.69) is 9.55 Å². The van der Waals surface area contributed by atoms with E-state index in [1.165, 1.54) is 0 Å². The van der Waals surface area contributed by atoms with Crippen LogP contribution in [0, 0.1) is 0 Å². The van der Waals surface area contributed by atoms with Crippen LogP contribution in [-0.4, -0.2) is 26.3 Å². The quantitative estimate of drug-likeness (QED) is 0.743. The zero-order valence-corrected chi connectivity index (χ0v) is 13.0. The fourth-order valence-corrected chi connectivity index (χ4v) is 2.77. The van der Waals surface area contributed by atoms with Crippen LogP contribution in [0.4, 0.5) is 0 Å². The van der Waals surface area contributed by atoms with Gasteiger partial charge in [0.05, 0.1) is 16.0 Å². The summed E-state index contributed by atoms with van der Waals surface area (Å²) in [5, 5.41) is 0. The number of nitrogens with zero attached hydrogens (tertiary/aromatic N) is 3. The summed E-state index contributed by atoms with van der Waals surface area (Å²) >= 11 is 5.02. The van der Waals surface area contributed by atoms with Gasteiger partial charge in [0.1, 0.15) is 5.82 Å². The van der Waals surface area contributed by atoms with Crippen molar-refractivity contribution in [2.24, 2.45) is 5.73 Å². The number of aromatic nitrogens is 3. The van der Waals surface area contributed by atoms with Crippen molar-refractivity contribution in [2.45, 2.75) is 13.0 Å². The molecular weight excluding hydrogens is 312 g/mol. The van der Waals surface area contributed by atoms with Crippen LogP contribution in [0.2, 0.25) is 0 Å². The zero-order chi connectivity index (χ0) is 15.8. The Labute approximate surface area is 137 Å². The maximum absolute atomic E-state index is 5.67. The minimum Gasteiger partial charge on any atom is -0.454 e. The summed E-state index contributed by atoms with van der Waals surface area (Å²) < 4.78 is 13.0. The van der Waals surface area contributed by atoms with Crippen molar-refractivity contribution in [2.75, 3.05) is 6.79 Å². The number of nitrogens with two attached hydrogens (primary N) is 1. The van der Waals surface area contributed by atoms with Gasteiger partial charge in [-0.15, -0.1) is 0 Å². The summed E-state index contributed by atoms with van der Waals surface area (Å²) in [5.41, 5.74) is 8.42. The Morgan fingerprint density at radius 2 is 2.13 bits per heavy atom. The monoisotopic (exact) mass is 326 g/mol. The molecule has 7 heteroatoms. The van der Waals surface area contributed by atoms with E-state index >= 15 is 0 Å². The normalized spacial score (nSPS) is 12.7. The highest BCUT2D eigenvalue weighted by Gasteiger charge is 2.19. The largest absolute Gasteiger partial charge is 0.454 e. The van der Waals surface area contributed by atoms with Crippen molar-refractivity contribution >= 4 is 28.2 Å². The second-order valence-electron chi connectivity index (χ2n) is 5.24. The van der Waals surface area contributed by atoms with Gasteiger partial charge in [0.2, 0.25) is 6.79 Å². The summed E-state index contributed by atoms with van der Waals surface area (Å²) in [4.78, 5) is 9.40. The molecule has 3 aromatic rings. The third-order valence-electron chi connectivity index (χ3n) is 3.74. The van der Waals surface area contributed by atoms with Crippen LogP contribution >= 0.6 is 12.2 Å². The molecule has 0 radical (unpaired) electrons. The van der Waals surface area contributed by atoms with Crippen LogP contribution < -0.4 is 15.2 Å². The number of hydrogen-bond donors (Lipinski definition) is 1. The molecule has 0 aliphatic carbocycles. The first-order chi connectivity index (χ1) is 11.2. The van der Waals surface area contributed by atoms with E-state index in [1.54, 1.807) is 12.4 Å². The molecule has 3 heterocycles. The fourth-order valence-electron chi connectivity index (χ4n) is 2.68. The maximum atomic E-state index is 5.67. The zero-order valence-electron chi connectivity index (χ0n) is 12.2. The Bertz CT molecular complexity index is 892. The number of ether oxygens (including phenoxy) is 2. The number of benzene rings is 1. The molecule has 0 fully saturated rings. The van der Waals surface area contributed by atoms with Gasteiger partial charge in [0.25, 0.3) is 0 Å². The predicted octanol–water partition coefficient (Wildman–Crippen LogP) is 2.50. The second kappa shape index (κ2) is 5.51. The maximum Gasteiger partial charge on any atom is 0.231 e. The van der Waals surface area contributed by atoms with Crippen LogP contribution in [0.25, 0.3) is 22.4 Å². The van der Waals surface area contributed by atoms with Crippen LogP contribution in [-0.2, 0) is 6.54 Å². The van der Waals surface area contributed by atoms with Crippen LogP contribution in [0.15, 0.2) is 36.7 Å². The van der Waals surface area contributed by atoms with Gasteiger partial charge in [-0.25, -0.2) is 4.98 Å². The van der Waals surface area contributed by atoms with Gasteiger partial charge in [-0.05, 0) is 12.1 Å². The molecule has 1 aliphatic heterocycles. The van der Waals surface area contributed by atoms with E-state index in [-0.39, 0.29) is 6.79 Å². The van der Waals surface area contributed by atoms with E-state index < -0.39 is 0 Å². The Morgan fingerprint density at radius 3 is 2.87 bits per heavy atom. The highest BCUT2D eigenvalue weighted by Crippen LogP contribution is 2.37. The number of imidazole rings is 1. The lowest BCUT2D eigenvalue weighted by atomic mass is 10.2. The molecule has 1 aromatic carbocycles. The predicted molar refractivity (Wildman–Crippen MR) is 90.5 cm³/mol. The number of thiocarbonyl (C=S) groups is 1. The molecule has 4 rings (SSSR count). The van der Waals surface area contributed by atoms with Gasteiger partial charge in [0.15, 0.2) is 11.5 Å². The first-order valence-electron chi connectivity index (χ1n) is 7.21. The van der Waals surface area contributed by atoms with E-state index in [4.69, 9.17) is 32.4 Å². The summed E-state index contributed by atoms with van der Waals surface area (Å²) in [6.45, 7) is 0.889. The lowest BCUT2D eigenvalue weighted by Crippen LogP contribution is -2.12. The SMILES string of the molecule is NC(=S)CCn1c(-c2cccnc2)nc2cc3c(cc21)OCO3. The number of aryl methyl sites for hydroxylation is 1. The molecule has 0 unspecified atom stereocenters. The van der Waals surface area contributed by atoms with Gasteiger partial charge in [-0.1, -0.05) is 12.2 Å². The number of hydrogen-bond acceptors (Lipinski definition) is 5. The molecule has 23 heavy (non-hydrogen) atoms. The van der Waals surface area contributed by atoms with Gasteiger partial charge in [-0.2, -0.15) is 0 Å². The average Bonchev–Trinajstić information content (AvgIpc) is 3.15. The van der Waals surface area contributed by atoms with Crippen molar-refractivity contribution in [3.8, 4) is 22.9 Å². The lowest BCUT2D eigenvalue weighted by molar-refractivity contribution is 0.174. The van der Waals surface area contributed by atoms with Crippen molar-refractivity contribution in [1.29, 1.82) is 0 Å². The summed E-state index contributed by atoms with van der Waals surface area (Å²) in [5.74, 6) is 2.27. The van der Waals surface area contributed by atoms with E-state index in [0.29, 0.717) is 23.7 Å². The number of rotatable bonds is 4. The van der Waals surface area contributed by atoms with Crippen molar-refractivity contribution in [3.63, 3.8) is 0 Å². The molecule has 1 aliphatic rings. The highest BCUT2D eigenvalue weighted by atomic mass is 32.1. The standard InChI is InChI=1S/C16H14N4O2S/c17-15(23)3-5-20-12-7-14-13(21-9-22-14)6-11(12)19-16(20)10-2-1-4-18-8-10/h1-2,4,6-8H,3,5,9H2,(H2,17,23). The van der Waals surface area contributed by atoms with Crippen LogP contribution in [0.1, 0.15) is 6.42 Å². The molecule has 0 saturated carbocycles. The Morgan fingerprint density at radius 1 is 1.30 bits per heavy atom. The van der Waals surface area contributed by atoms with E-state index in [1.807, 2.05) is 24.3 Å². The fraction of sp³-hybridized carbons (Fsp3) is 0.188. The first kappa shape index (κ1) is 14.0. The Balaban J connectivity index is 1.90.